The fourth-order valence-electron chi connectivity index (χ4n) is 3.83. The number of fused-ring (bicyclic) bond motifs is 1. The largest absolute Gasteiger partial charge is 0.349 e. The first-order chi connectivity index (χ1) is 12.0. The number of rotatable bonds is 3. The van der Waals surface area contributed by atoms with Gasteiger partial charge in [0.15, 0.2) is 5.65 Å². The lowest BCUT2D eigenvalue weighted by Crippen LogP contribution is -2.42. The zero-order chi connectivity index (χ0) is 17.6. The Balaban J connectivity index is 1.72. The molecule has 1 aliphatic rings. The second-order valence-corrected chi connectivity index (χ2v) is 6.88. The topological polar surface area (TPSA) is 46.3 Å². The molecule has 1 saturated heterocycles. The third-order valence-electron chi connectivity index (χ3n) is 5.14. The van der Waals surface area contributed by atoms with Crippen LogP contribution in [0.3, 0.4) is 0 Å². The molecule has 2 aromatic heterocycles. The van der Waals surface area contributed by atoms with Gasteiger partial charge in [-0.25, -0.2) is 8.78 Å². The Kier molecular flexibility index (Phi) is 3.67. The van der Waals surface area contributed by atoms with Crippen molar-refractivity contribution < 1.29 is 8.78 Å². The van der Waals surface area contributed by atoms with Gasteiger partial charge in [0.1, 0.15) is 5.82 Å². The second kappa shape index (κ2) is 5.75. The minimum atomic E-state index is -2.71. The van der Waals surface area contributed by atoms with Gasteiger partial charge in [-0.3, -0.25) is 0 Å². The number of hydrogen-bond acceptors (Lipinski definition) is 4. The summed E-state index contributed by atoms with van der Waals surface area (Å²) in [4.78, 5) is 2.18. The summed E-state index contributed by atoms with van der Waals surface area (Å²) in [6.07, 6.45) is -1.72. The monoisotopic (exact) mass is 343 g/mol. The van der Waals surface area contributed by atoms with Gasteiger partial charge in [-0.1, -0.05) is 30.3 Å². The molecule has 1 atom stereocenters. The van der Waals surface area contributed by atoms with Crippen LogP contribution in [0.15, 0.2) is 42.5 Å². The Morgan fingerprint density at radius 1 is 1.08 bits per heavy atom. The first-order valence-electron chi connectivity index (χ1n) is 8.31. The second-order valence-electron chi connectivity index (χ2n) is 6.88. The van der Waals surface area contributed by atoms with E-state index < -0.39 is 12.2 Å². The number of halogens is 2. The average Bonchev–Trinajstić information content (AvgIpc) is 3.15. The molecule has 0 bridgehead atoms. The van der Waals surface area contributed by atoms with E-state index in [9.17, 15) is 8.78 Å². The van der Waals surface area contributed by atoms with Gasteiger partial charge in [0.2, 0.25) is 5.82 Å². The molecule has 1 unspecified atom stereocenters. The van der Waals surface area contributed by atoms with Crippen LogP contribution in [-0.2, 0) is 0 Å². The minimum Gasteiger partial charge on any atom is -0.349 e. The van der Waals surface area contributed by atoms with Gasteiger partial charge < -0.3 is 4.90 Å². The highest BCUT2D eigenvalue weighted by Gasteiger charge is 2.42. The predicted octanol–water partition coefficient (Wildman–Crippen LogP) is 3.83. The fraction of sp³-hybridized carbons (Fsp3) is 0.389. The lowest BCUT2D eigenvalue weighted by Gasteiger charge is -2.37. The van der Waals surface area contributed by atoms with Crippen molar-refractivity contribution in [2.75, 3.05) is 11.4 Å². The van der Waals surface area contributed by atoms with Crippen LogP contribution in [0.4, 0.5) is 14.6 Å². The lowest BCUT2D eigenvalue weighted by molar-refractivity contribution is 0.137. The molecule has 0 amide bonds. The smallest absolute Gasteiger partial charge is 0.299 e. The van der Waals surface area contributed by atoms with Crippen LogP contribution in [0.2, 0.25) is 0 Å². The van der Waals surface area contributed by atoms with E-state index >= 15 is 0 Å². The van der Waals surface area contributed by atoms with Gasteiger partial charge in [-0.15, -0.1) is 15.3 Å². The van der Waals surface area contributed by atoms with Crippen LogP contribution >= 0.6 is 0 Å². The summed E-state index contributed by atoms with van der Waals surface area (Å²) < 4.78 is 27.3. The standard InChI is InChI=1S/C18H19F2N5/c1-18(2)13(12-6-4-3-5-7-12)10-11-24(18)15-9-8-14-21-22-17(16(19)20)25(14)23-15/h3-9,13,16H,10-11H2,1-2H3. The summed E-state index contributed by atoms with van der Waals surface area (Å²) in [5.74, 6) is 0.591. The van der Waals surface area contributed by atoms with Crippen LogP contribution < -0.4 is 4.90 Å². The quantitative estimate of drug-likeness (QED) is 0.725. The van der Waals surface area contributed by atoms with E-state index in [2.05, 4.69) is 46.2 Å². The van der Waals surface area contributed by atoms with E-state index in [0.717, 1.165) is 17.5 Å². The van der Waals surface area contributed by atoms with Crippen molar-refractivity contribution in [2.24, 2.45) is 0 Å². The highest BCUT2D eigenvalue weighted by Crippen LogP contribution is 2.43. The van der Waals surface area contributed by atoms with Crippen molar-refractivity contribution in [2.45, 2.75) is 38.2 Å². The number of hydrogen-bond donors (Lipinski definition) is 0. The SMILES string of the molecule is CC1(C)C(c2ccccc2)CCN1c1ccc2nnc(C(F)F)n2n1. The van der Waals surface area contributed by atoms with Gasteiger partial charge in [-0.2, -0.15) is 4.52 Å². The van der Waals surface area contributed by atoms with E-state index in [1.54, 1.807) is 6.07 Å². The predicted molar refractivity (Wildman–Crippen MR) is 91.0 cm³/mol. The molecule has 3 heterocycles. The molecule has 1 fully saturated rings. The van der Waals surface area contributed by atoms with Crippen LogP contribution in [-0.4, -0.2) is 31.9 Å². The molecule has 0 N–H and O–H groups in total. The van der Waals surface area contributed by atoms with Crippen molar-refractivity contribution in [3.63, 3.8) is 0 Å². The summed E-state index contributed by atoms with van der Waals surface area (Å²) in [5.41, 5.74) is 1.44. The number of aromatic nitrogens is 4. The molecule has 5 nitrogen and oxygen atoms in total. The van der Waals surface area contributed by atoms with Crippen molar-refractivity contribution in [1.82, 2.24) is 19.8 Å². The van der Waals surface area contributed by atoms with E-state index in [0.29, 0.717) is 17.4 Å². The maximum atomic E-state index is 13.1. The van der Waals surface area contributed by atoms with Gasteiger partial charge in [-0.05, 0) is 38.0 Å². The first kappa shape index (κ1) is 15.9. The van der Waals surface area contributed by atoms with Gasteiger partial charge in [0, 0.05) is 18.0 Å². The first-order valence-corrected chi connectivity index (χ1v) is 8.31. The molecular formula is C18H19F2N5. The maximum absolute atomic E-state index is 13.1. The molecule has 0 aliphatic carbocycles. The van der Waals surface area contributed by atoms with Crippen molar-refractivity contribution >= 4 is 11.5 Å². The summed E-state index contributed by atoms with van der Waals surface area (Å²) in [6.45, 7) is 5.16. The van der Waals surface area contributed by atoms with Crippen LogP contribution in [0.5, 0.6) is 0 Å². The van der Waals surface area contributed by atoms with Gasteiger partial charge in [0.25, 0.3) is 6.43 Å². The van der Waals surface area contributed by atoms with E-state index in [4.69, 9.17) is 0 Å². The van der Waals surface area contributed by atoms with Crippen molar-refractivity contribution in [3.05, 3.63) is 53.9 Å². The molecule has 7 heteroatoms. The zero-order valence-electron chi connectivity index (χ0n) is 14.1. The highest BCUT2D eigenvalue weighted by molar-refractivity contribution is 5.50. The Morgan fingerprint density at radius 3 is 2.56 bits per heavy atom. The Labute approximate surface area is 144 Å². The molecule has 0 spiro atoms. The number of nitrogens with zero attached hydrogens (tertiary/aromatic N) is 5. The number of benzene rings is 1. The number of anilines is 1. The minimum absolute atomic E-state index is 0.180. The summed E-state index contributed by atoms with van der Waals surface area (Å²) >= 11 is 0. The Bertz CT molecular complexity index is 891. The van der Waals surface area contributed by atoms with E-state index in [-0.39, 0.29) is 5.54 Å². The summed E-state index contributed by atoms with van der Waals surface area (Å²) in [7, 11) is 0. The van der Waals surface area contributed by atoms with Gasteiger partial charge in [0.05, 0.1) is 0 Å². The number of alkyl halides is 2. The highest BCUT2D eigenvalue weighted by atomic mass is 19.3. The Morgan fingerprint density at radius 2 is 1.84 bits per heavy atom. The van der Waals surface area contributed by atoms with E-state index in [1.807, 2.05) is 24.3 Å². The van der Waals surface area contributed by atoms with Crippen molar-refractivity contribution in [1.29, 1.82) is 0 Å². The van der Waals surface area contributed by atoms with Crippen LogP contribution in [0.1, 0.15) is 44.0 Å². The maximum Gasteiger partial charge on any atom is 0.299 e. The van der Waals surface area contributed by atoms with Gasteiger partial charge >= 0.3 is 0 Å². The average molecular weight is 343 g/mol. The van der Waals surface area contributed by atoms with Crippen LogP contribution in [0.25, 0.3) is 5.65 Å². The fourth-order valence-corrected chi connectivity index (χ4v) is 3.83. The molecule has 1 aromatic carbocycles. The third-order valence-corrected chi connectivity index (χ3v) is 5.14. The third kappa shape index (κ3) is 2.54. The van der Waals surface area contributed by atoms with E-state index in [1.165, 1.54) is 5.56 Å². The molecule has 4 rings (SSSR count). The lowest BCUT2D eigenvalue weighted by atomic mass is 9.83. The van der Waals surface area contributed by atoms with Crippen LogP contribution in [0, 0.1) is 0 Å². The molecule has 1 aliphatic heterocycles. The summed E-state index contributed by atoms with van der Waals surface area (Å²) in [5, 5.41) is 11.7. The normalized spacial score (nSPS) is 19.9. The molecule has 25 heavy (non-hydrogen) atoms. The summed E-state index contributed by atoms with van der Waals surface area (Å²) in [6, 6.07) is 13.9. The molecule has 0 saturated carbocycles. The Hall–Kier alpha value is -2.57. The molecular weight excluding hydrogens is 324 g/mol. The molecule has 3 aromatic rings. The molecule has 130 valence electrons. The zero-order valence-corrected chi connectivity index (χ0v) is 14.1. The van der Waals surface area contributed by atoms with Crippen molar-refractivity contribution in [3.8, 4) is 0 Å². The molecule has 0 radical (unpaired) electrons.